The first-order valence-corrected chi connectivity index (χ1v) is 8.01. The van der Waals surface area contributed by atoms with Crippen LogP contribution in [0.25, 0.3) is 0 Å². The number of carbonyl (C=O) groups excluding carboxylic acids is 1. The van der Waals surface area contributed by atoms with E-state index in [1.54, 1.807) is 30.1 Å². The van der Waals surface area contributed by atoms with Gasteiger partial charge >= 0.3 is 0 Å². The molecule has 0 bridgehead atoms. The number of carbonyl (C=O) groups is 1. The van der Waals surface area contributed by atoms with E-state index in [0.29, 0.717) is 10.8 Å². The van der Waals surface area contributed by atoms with Crippen LogP contribution in [0, 0.1) is 0 Å². The Kier molecular flexibility index (Phi) is 5.49. The molecule has 0 aromatic carbocycles. The summed E-state index contributed by atoms with van der Waals surface area (Å²) >= 11 is 7.46. The van der Waals surface area contributed by atoms with Crippen LogP contribution in [-0.2, 0) is 4.79 Å². The van der Waals surface area contributed by atoms with Gasteiger partial charge in [0, 0.05) is 12.4 Å². The summed E-state index contributed by atoms with van der Waals surface area (Å²) in [5, 5.41) is 3.29. The van der Waals surface area contributed by atoms with Gasteiger partial charge in [0.1, 0.15) is 11.2 Å². The highest BCUT2D eigenvalue weighted by molar-refractivity contribution is 7.98. The average Bonchev–Trinajstić information content (AvgIpc) is 2.96. The molecule has 106 valence electrons. The van der Waals surface area contributed by atoms with Gasteiger partial charge in [0.25, 0.3) is 0 Å². The van der Waals surface area contributed by atoms with Gasteiger partial charge in [-0.05, 0) is 42.7 Å². The van der Waals surface area contributed by atoms with E-state index in [9.17, 15) is 4.79 Å². The van der Waals surface area contributed by atoms with E-state index in [4.69, 9.17) is 11.6 Å². The van der Waals surface area contributed by atoms with Gasteiger partial charge in [0.05, 0.1) is 11.9 Å². The van der Waals surface area contributed by atoms with Crippen molar-refractivity contribution in [3.63, 3.8) is 0 Å². The molecule has 2 aromatic heterocycles. The van der Waals surface area contributed by atoms with Gasteiger partial charge in [0.15, 0.2) is 0 Å². The number of thioether (sulfide) groups is 1. The molecule has 0 saturated heterocycles. The van der Waals surface area contributed by atoms with Crippen molar-refractivity contribution in [2.24, 2.45) is 0 Å². The van der Waals surface area contributed by atoms with Crippen LogP contribution in [0.2, 0.25) is 5.15 Å². The molecule has 6 heteroatoms. The van der Waals surface area contributed by atoms with E-state index in [-0.39, 0.29) is 11.9 Å². The van der Waals surface area contributed by atoms with E-state index < -0.39 is 0 Å². The van der Waals surface area contributed by atoms with Gasteiger partial charge < -0.3 is 9.88 Å². The van der Waals surface area contributed by atoms with Crippen molar-refractivity contribution in [2.75, 3.05) is 17.3 Å². The Morgan fingerprint density at radius 1 is 1.45 bits per heavy atom. The molecule has 0 aliphatic carbocycles. The minimum Gasteiger partial charge on any atom is -0.342 e. The molecule has 1 atom stereocenters. The van der Waals surface area contributed by atoms with Crippen molar-refractivity contribution in [2.45, 2.75) is 12.5 Å². The molecule has 4 nitrogen and oxygen atoms in total. The topological polar surface area (TPSA) is 46.9 Å². The van der Waals surface area contributed by atoms with Crippen LogP contribution in [0.15, 0.2) is 42.9 Å². The second kappa shape index (κ2) is 7.36. The first kappa shape index (κ1) is 14.9. The summed E-state index contributed by atoms with van der Waals surface area (Å²) in [5.74, 6) is 0.883. The number of aromatic nitrogens is 2. The number of hydrogen-bond acceptors (Lipinski definition) is 3. The summed E-state index contributed by atoms with van der Waals surface area (Å²) in [6.07, 6.45) is 8.19. The highest BCUT2D eigenvalue weighted by atomic mass is 35.5. The smallest absolute Gasteiger partial charge is 0.247 e. The lowest BCUT2D eigenvalue weighted by Crippen LogP contribution is -2.26. The predicted molar refractivity (Wildman–Crippen MR) is 84.3 cm³/mol. The Labute approximate surface area is 127 Å². The van der Waals surface area contributed by atoms with Crippen molar-refractivity contribution in [1.29, 1.82) is 0 Å². The van der Waals surface area contributed by atoms with Gasteiger partial charge in [-0.2, -0.15) is 11.8 Å². The summed E-state index contributed by atoms with van der Waals surface area (Å²) in [6.45, 7) is 0. The molecule has 2 aromatic rings. The van der Waals surface area contributed by atoms with Crippen molar-refractivity contribution in [3.05, 3.63) is 48.0 Å². The number of halogens is 1. The third-order valence-electron chi connectivity index (χ3n) is 2.88. The second-order valence-electron chi connectivity index (χ2n) is 4.29. The van der Waals surface area contributed by atoms with Crippen LogP contribution in [0.3, 0.4) is 0 Å². The number of rotatable bonds is 6. The van der Waals surface area contributed by atoms with Crippen LogP contribution in [0.5, 0.6) is 0 Å². The highest BCUT2D eigenvalue weighted by Crippen LogP contribution is 2.18. The van der Waals surface area contributed by atoms with E-state index in [2.05, 4.69) is 10.3 Å². The number of pyridine rings is 1. The number of hydrogen-bond donors (Lipinski definition) is 1. The van der Waals surface area contributed by atoms with Crippen LogP contribution >= 0.6 is 23.4 Å². The average molecular weight is 310 g/mol. The van der Waals surface area contributed by atoms with Crippen molar-refractivity contribution >= 4 is 35.0 Å². The maximum Gasteiger partial charge on any atom is 0.247 e. The Morgan fingerprint density at radius 3 is 2.80 bits per heavy atom. The fraction of sp³-hybridized carbons (Fsp3) is 0.286. The van der Waals surface area contributed by atoms with E-state index >= 15 is 0 Å². The largest absolute Gasteiger partial charge is 0.342 e. The molecule has 0 aliphatic heterocycles. The van der Waals surface area contributed by atoms with Crippen molar-refractivity contribution in [1.82, 2.24) is 9.55 Å². The molecule has 0 fully saturated rings. The number of amides is 1. The van der Waals surface area contributed by atoms with E-state index in [1.807, 2.05) is 35.3 Å². The van der Waals surface area contributed by atoms with Crippen LogP contribution < -0.4 is 5.32 Å². The molecule has 0 radical (unpaired) electrons. The van der Waals surface area contributed by atoms with Gasteiger partial charge in [-0.1, -0.05) is 11.6 Å². The first-order valence-electron chi connectivity index (χ1n) is 6.24. The molecule has 0 aliphatic rings. The normalized spacial score (nSPS) is 12.1. The lowest BCUT2D eigenvalue weighted by molar-refractivity contribution is -0.119. The first-order chi connectivity index (χ1) is 9.70. The number of anilines is 1. The molecule has 1 N–H and O–H groups in total. The third kappa shape index (κ3) is 4.02. The summed E-state index contributed by atoms with van der Waals surface area (Å²) in [7, 11) is 0. The summed E-state index contributed by atoms with van der Waals surface area (Å²) in [5.41, 5.74) is 0.653. The van der Waals surface area contributed by atoms with Gasteiger partial charge in [0.2, 0.25) is 5.91 Å². The molecule has 0 saturated carbocycles. The molecule has 0 unspecified atom stereocenters. The minimum absolute atomic E-state index is 0.0422. The standard InChI is InChI=1S/C14H16ClN3OS/c1-20-9-6-12(18-7-2-3-8-18)14(19)17-11-4-5-13(15)16-10-11/h2-5,7-8,10,12H,6,9H2,1H3,(H,17,19)/t12-/m0/s1. The van der Waals surface area contributed by atoms with Crippen molar-refractivity contribution in [3.8, 4) is 0 Å². The maximum absolute atomic E-state index is 12.4. The van der Waals surface area contributed by atoms with Gasteiger partial charge in [-0.3, -0.25) is 4.79 Å². The lowest BCUT2D eigenvalue weighted by Gasteiger charge is -2.18. The SMILES string of the molecule is CSCC[C@@H](C(=O)Nc1ccc(Cl)nc1)n1cccc1. The Hall–Kier alpha value is -1.46. The molecule has 2 heterocycles. The summed E-state index contributed by atoms with van der Waals surface area (Å²) in [6, 6.07) is 7.03. The highest BCUT2D eigenvalue weighted by Gasteiger charge is 2.19. The maximum atomic E-state index is 12.4. The van der Waals surface area contributed by atoms with Gasteiger partial charge in [-0.25, -0.2) is 4.98 Å². The Bertz CT molecular complexity index is 542. The van der Waals surface area contributed by atoms with Crippen LogP contribution in [0.4, 0.5) is 5.69 Å². The fourth-order valence-corrected chi connectivity index (χ4v) is 2.45. The molecule has 1 amide bonds. The second-order valence-corrected chi connectivity index (χ2v) is 5.66. The lowest BCUT2D eigenvalue weighted by atomic mass is 10.2. The quantitative estimate of drug-likeness (QED) is 0.831. The monoisotopic (exact) mass is 309 g/mol. The van der Waals surface area contributed by atoms with E-state index in [0.717, 1.165) is 12.2 Å². The van der Waals surface area contributed by atoms with Crippen LogP contribution in [0.1, 0.15) is 12.5 Å². The molecule has 0 spiro atoms. The number of nitrogens with zero attached hydrogens (tertiary/aromatic N) is 2. The summed E-state index contributed by atoms with van der Waals surface area (Å²) < 4.78 is 1.93. The molecular formula is C14H16ClN3OS. The zero-order chi connectivity index (χ0) is 14.4. The van der Waals surface area contributed by atoms with Gasteiger partial charge in [-0.15, -0.1) is 0 Å². The Balaban J connectivity index is 2.08. The van der Waals surface area contributed by atoms with Crippen LogP contribution in [-0.4, -0.2) is 27.5 Å². The summed E-state index contributed by atoms with van der Waals surface area (Å²) in [4.78, 5) is 16.4. The number of nitrogens with one attached hydrogen (secondary N) is 1. The molecule has 20 heavy (non-hydrogen) atoms. The molecular weight excluding hydrogens is 294 g/mol. The minimum atomic E-state index is -0.215. The van der Waals surface area contributed by atoms with Crippen molar-refractivity contribution < 1.29 is 4.79 Å². The predicted octanol–water partition coefficient (Wildman–Crippen LogP) is 3.47. The zero-order valence-corrected chi connectivity index (χ0v) is 12.7. The molecule has 2 rings (SSSR count). The zero-order valence-electron chi connectivity index (χ0n) is 11.1. The Morgan fingerprint density at radius 2 is 2.20 bits per heavy atom. The third-order valence-corrected chi connectivity index (χ3v) is 3.75. The fourth-order valence-electron chi connectivity index (χ4n) is 1.88. The van der Waals surface area contributed by atoms with E-state index in [1.165, 1.54) is 0 Å².